The highest BCUT2D eigenvalue weighted by Gasteiger charge is 2.19. The Balaban J connectivity index is 2.22. The molecule has 1 aliphatic carbocycles. The fourth-order valence-electron chi connectivity index (χ4n) is 3.31. The van der Waals surface area contributed by atoms with Crippen molar-refractivity contribution in [2.24, 2.45) is 0 Å². The topological polar surface area (TPSA) is 42.8 Å². The molecule has 0 unspecified atom stereocenters. The van der Waals surface area contributed by atoms with Crippen LogP contribution in [0.25, 0.3) is 11.1 Å². The van der Waals surface area contributed by atoms with E-state index in [4.69, 9.17) is 12.2 Å². The molecule has 3 rings (SSSR count). The van der Waals surface area contributed by atoms with E-state index in [9.17, 15) is 5.26 Å². The van der Waals surface area contributed by atoms with Crippen molar-refractivity contribution in [3.8, 4) is 17.2 Å². The molecule has 0 fully saturated rings. The van der Waals surface area contributed by atoms with Crippen molar-refractivity contribution in [3.63, 3.8) is 0 Å². The molecule has 0 radical (unpaired) electrons. The smallest absolute Gasteiger partial charge is 0.122 e. The van der Waals surface area contributed by atoms with Crippen molar-refractivity contribution < 1.29 is 0 Å². The van der Waals surface area contributed by atoms with Crippen LogP contribution in [0.5, 0.6) is 0 Å². The molecule has 0 bridgehead atoms. The van der Waals surface area contributed by atoms with Gasteiger partial charge in [-0.15, -0.1) is 0 Å². The van der Waals surface area contributed by atoms with Crippen molar-refractivity contribution in [1.82, 2.24) is 4.98 Å². The van der Waals surface area contributed by atoms with E-state index >= 15 is 0 Å². The number of hydrogen-bond acceptors (Lipinski definition) is 3. The Kier molecular flexibility index (Phi) is 4.49. The average molecular weight is 323 g/mol. The third kappa shape index (κ3) is 3.02. The zero-order chi connectivity index (χ0) is 16.4. The van der Waals surface area contributed by atoms with Crippen molar-refractivity contribution in [3.05, 3.63) is 45.7 Å². The molecule has 0 saturated carbocycles. The average Bonchev–Trinajstić information content (AvgIpc) is 2.78. The molecule has 2 aromatic rings. The summed E-state index contributed by atoms with van der Waals surface area (Å²) in [7, 11) is 4.06. The number of fused-ring (bicyclic) bond motifs is 1. The molecule has 0 aliphatic heterocycles. The molecule has 1 aliphatic rings. The largest absolute Gasteiger partial charge is 0.378 e. The van der Waals surface area contributed by atoms with Crippen LogP contribution in [0.15, 0.2) is 24.3 Å². The lowest BCUT2D eigenvalue weighted by molar-refractivity contribution is 0.708. The molecule has 118 valence electrons. The number of aryl methyl sites for hydroxylation is 1. The number of aromatic amines is 1. The molecule has 0 saturated heterocycles. The number of rotatable bonds is 2. The van der Waals surface area contributed by atoms with Gasteiger partial charge in [0.25, 0.3) is 0 Å². The molecule has 1 heterocycles. The molecule has 1 aromatic carbocycles. The van der Waals surface area contributed by atoms with Crippen molar-refractivity contribution in [2.75, 3.05) is 19.0 Å². The Labute approximate surface area is 142 Å². The maximum atomic E-state index is 9.63. The van der Waals surface area contributed by atoms with Crippen molar-refractivity contribution in [2.45, 2.75) is 32.1 Å². The summed E-state index contributed by atoms with van der Waals surface area (Å²) in [6.07, 6.45) is 5.62. The number of benzene rings is 1. The summed E-state index contributed by atoms with van der Waals surface area (Å²) >= 11 is 5.45. The monoisotopic (exact) mass is 323 g/mol. The SMILES string of the molecule is CN(C)c1ccc(-c2c3c([nH]c(=S)c2C#N)CCCCC3)cc1. The van der Waals surface area contributed by atoms with E-state index in [1.165, 1.54) is 30.5 Å². The number of nitrogens with zero attached hydrogens (tertiary/aromatic N) is 2. The van der Waals surface area contributed by atoms with E-state index < -0.39 is 0 Å². The van der Waals surface area contributed by atoms with Crippen LogP contribution in [0.4, 0.5) is 5.69 Å². The Morgan fingerprint density at radius 2 is 1.78 bits per heavy atom. The van der Waals surface area contributed by atoms with E-state index in [0.717, 1.165) is 29.7 Å². The lowest BCUT2D eigenvalue weighted by Crippen LogP contribution is -2.08. The lowest BCUT2D eigenvalue weighted by Gasteiger charge is -2.17. The number of nitriles is 1. The first-order chi connectivity index (χ1) is 11.1. The van der Waals surface area contributed by atoms with Gasteiger partial charge in [-0.1, -0.05) is 30.8 Å². The van der Waals surface area contributed by atoms with Gasteiger partial charge in [-0.2, -0.15) is 5.26 Å². The highest BCUT2D eigenvalue weighted by molar-refractivity contribution is 7.71. The molecule has 0 atom stereocenters. The number of hydrogen-bond donors (Lipinski definition) is 1. The number of anilines is 1. The van der Waals surface area contributed by atoms with E-state index in [2.05, 4.69) is 40.2 Å². The summed E-state index contributed by atoms with van der Waals surface area (Å²) in [6, 6.07) is 10.7. The fourth-order valence-corrected chi connectivity index (χ4v) is 3.58. The van der Waals surface area contributed by atoms with Gasteiger partial charge in [0.05, 0.1) is 5.56 Å². The predicted molar refractivity (Wildman–Crippen MR) is 97.4 cm³/mol. The standard InChI is InChI=1S/C19H21N3S/c1-22(2)14-10-8-13(9-11-14)18-15-6-4-3-5-7-17(15)21-19(23)16(18)12-20/h8-11H,3-7H2,1-2H3,(H,21,23). The van der Waals surface area contributed by atoms with E-state index in [1.54, 1.807) is 0 Å². The Hall–Kier alpha value is -2.12. The van der Waals surface area contributed by atoms with Crippen molar-refractivity contribution >= 4 is 17.9 Å². The first-order valence-electron chi connectivity index (χ1n) is 8.07. The molecular weight excluding hydrogens is 302 g/mol. The lowest BCUT2D eigenvalue weighted by atomic mass is 9.92. The molecule has 1 aromatic heterocycles. The Bertz CT molecular complexity index is 810. The molecule has 3 nitrogen and oxygen atoms in total. The van der Waals surface area contributed by atoms with Crippen LogP contribution in [-0.2, 0) is 12.8 Å². The van der Waals surface area contributed by atoms with Crippen LogP contribution in [0.2, 0.25) is 0 Å². The van der Waals surface area contributed by atoms with Gasteiger partial charge in [-0.05, 0) is 48.9 Å². The molecule has 4 heteroatoms. The first-order valence-corrected chi connectivity index (χ1v) is 8.48. The highest BCUT2D eigenvalue weighted by Crippen LogP contribution is 2.34. The quantitative estimate of drug-likeness (QED) is 0.648. The van der Waals surface area contributed by atoms with Crippen LogP contribution >= 0.6 is 12.2 Å². The predicted octanol–water partition coefficient (Wildman–Crippen LogP) is 4.62. The van der Waals surface area contributed by atoms with E-state index in [0.29, 0.717) is 10.2 Å². The van der Waals surface area contributed by atoms with Crippen LogP contribution in [0.3, 0.4) is 0 Å². The minimum atomic E-state index is 0.569. The van der Waals surface area contributed by atoms with Gasteiger partial charge < -0.3 is 9.88 Å². The maximum absolute atomic E-state index is 9.63. The molecule has 1 N–H and O–H groups in total. The fraction of sp³-hybridized carbons (Fsp3) is 0.368. The van der Waals surface area contributed by atoms with Gasteiger partial charge >= 0.3 is 0 Å². The van der Waals surface area contributed by atoms with E-state index in [1.807, 2.05) is 14.1 Å². The zero-order valence-corrected chi connectivity index (χ0v) is 14.5. The summed E-state index contributed by atoms with van der Waals surface area (Å²) in [5.41, 5.74) is 6.39. The Morgan fingerprint density at radius 3 is 2.43 bits per heavy atom. The third-order valence-electron chi connectivity index (χ3n) is 4.55. The second-order valence-corrected chi connectivity index (χ2v) is 6.68. The van der Waals surface area contributed by atoms with Crippen molar-refractivity contribution in [1.29, 1.82) is 5.26 Å². The van der Waals surface area contributed by atoms with Gasteiger partial charge in [-0.3, -0.25) is 0 Å². The number of pyridine rings is 1. The number of aromatic nitrogens is 1. The molecule has 23 heavy (non-hydrogen) atoms. The minimum absolute atomic E-state index is 0.569. The van der Waals surface area contributed by atoms with Crippen LogP contribution < -0.4 is 4.90 Å². The second kappa shape index (κ2) is 6.55. The van der Waals surface area contributed by atoms with Crippen LogP contribution in [-0.4, -0.2) is 19.1 Å². The summed E-state index contributed by atoms with van der Waals surface area (Å²) < 4.78 is 0.569. The van der Waals surface area contributed by atoms with Crippen LogP contribution in [0.1, 0.15) is 36.1 Å². The van der Waals surface area contributed by atoms with E-state index in [-0.39, 0.29) is 0 Å². The minimum Gasteiger partial charge on any atom is -0.378 e. The molecule has 0 amide bonds. The summed E-state index contributed by atoms with van der Waals surface area (Å²) in [6.45, 7) is 0. The van der Waals surface area contributed by atoms with Gasteiger partial charge in [0.2, 0.25) is 0 Å². The highest BCUT2D eigenvalue weighted by atomic mass is 32.1. The molecular formula is C19H21N3S. The third-order valence-corrected chi connectivity index (χ3v) is 4.85. The summed E-state index contributed by atoms with van der Waals surface area (Å²) in [4.78, 5) is 5.39. The summed E-state index contributed by atoms with van der Waals surface area (Å²) in [5.74, 6) is 0. The second-order valence-electron chi connectivity index (χ2n) is 6.27. The Morgan fingerprint density at radius 1 is 1.09 bits per heavy atom. The normalized spacial score (nSPS) is 13.8. The first kappa shape index (κ1) is 15.8. The van der Waals surface area contributed by atoms with Gasteiger partial charge in [-0.25, -0.2) is 0 Å². The zero-order valence-electron chi connectivity index (χ0n) is 13.6. The van der Waals surface area contributed by atoms with Crippen LogP contribution in [0, 0.1) is 16.0 Å². The molecule has 0 spiro atoms. The van der Waals surface area contributed by atoms with Gasteiger partial charge in [0.1, 0.15) is 10.7 Å². The number of nitrogens with one attached hydrogen (secondary N) is 1. The van der Waals surface area contributed by atoms with Gasteiger partial charge in [0, 0.05) is 31.0 Å². The summed E-state index contributed by atoms with van der Waals surface area (Å²) in [5, 5.41) is 9.63. The maximum Gasteiger partial charge on any atom is 0.122 e. The van der Waals surface area contributed by atoms with Gasteiger partial charge in [0.15, 0.2) is 0 Å². The number of H-pyrrole nitrogens is 1.